The van der Waals surface area contributed by atoms with Gasteiger partial charge in [-0.2, -0.15) is 23.5 Å². The summed E-state index contributed by atoms with van der Waals surface area (Å²) in [6.07, 6.45) is 17.9. The lowest BCUT2D eigenvalue weighted by Crippen LogP contribution is -2.92. The van der Waals surface area contributed by atoms with E-state index in [1.165, 1.54) is 152 Å². The number of hydrogen-bond donors (Lipinski definition) is 0. The molecule has 10 saturated heterocycles. The molecule has 0 aromatic heterocycles. The molecule has 59 heavy (non-hydrogen) atoms. The molecule has 0 radical (unpaired) electrons. The summed E-state index contributed by atoms with van der Waals surface area (Å²) in [5.74, 6) is 3.88. The van der Waals surface area contributed by atoms with Gasteiger partial charge in [-0.3, -0.25) is 39.2 Å². The van der Waals surface area contributed by atoms with Crippen LogP contribution in [0.3, 0.4) is 0 Å². The second kappa shape index (κ2) is 19.3. The standard InChI is InChI=1S/C44H80N10O3S2/c1-3-15-45(16-4-1)41(47-19-7-8-20-47)13-11-23-53(43(41,49-25-33-55-34-26-49)51-29-37-58-38-30-51)57-54-24-12-14-42(48-21-9-10-22-48,46-17-5-2-6-18-46)44(54,50-27-35-56-36-28-50)52-31-39-59-40-32-52/h1-40H2. The van der Waals surface area contributed by atoms with Gasteiger partial charge in [-0.05, 0) is 77.0 Å². The van der Waals surface area contributed by atoms with E-state index in [-0.39, 0.29) is 11.3 Å². The Bertz CT molecular complexity index is 1190. The second-order valence-electron chi connectivity index (χ2n) is 19.3. The maximum Gasteiger partial charge on any atom is 0.188 e. The Kier molecular flexibility index (Phi) is 14.1. The van der Waals surface area contributed by atoms with E-state index in [0.29, 0.717) is 0 Å². The summed E-state index contributed by atoms with van der Waals surface area (Å²) < 4.78 is 12.6. The molecule has 10 fully saturated rings. The van der Waals surface area contributed by atoms with Crippen molar-refractivity contribution < 1.29 is 14.4 Å². The van der Waals surface area contributed by atoms with Gasteiger partial charge >= 0.3 is 0 Å². The Morgan fingerprint density at radius 1 is 0.305 bits per heavy atom. The van der Waals surface area contributed by atoms with Crippen LogP contribution in [0.25, 0.3) is 0 Å². The number of thioether (sulfide) groups is 2. The van der Waals surface area contributed by atoms with Gasteiger partial charge in [0.2, 0.25) is 0 Å². The van der Waals surface area contributed by atoms with Crippen LogP contribution in [0.2, 0.25) is 0 Å². The number of ether oxygens (including phenoxy) is 2. The van der Waals surface area contributed by atoms with Crippen molar-refractivity contribution in [3.63, 3.8) is 0 Å². The van der Waals surface area contributed by atoms with Crippen LogP contribution in [0, 0.1) is 0 Å². The van der Waals surface area contributed by atoms with Gasteiger partial charge in [0.15, 0.2) is 11.6 Å². The van der Waals surface area contributed by atoms with Gasteiger partial charge in [0.1, 0.15) is 11.3 Å². The zero-order chi connectivity index (χ0) is 39.6. The minimum absolute atomic E-state index is 0.167. The Labute approximate surface area is 365 Å². The van der Waals surface area contributed by atoms with Gasteiger partial charge in [0, 0.05) is 141 Å². The average Bonchev–Trinajstić information content (AvgIpc) is 4.08. The molecule has 10 aliphatic rings. The van der Waals surface area contributed by atoms with Crippen molar-refractivity contribution in [2.45, 2.75) is 113 Å². The van der Waals surface area contributed by atoms with Crippen LogP contribution in [-0.2, 0) is 14.4 Å². The van der Waals surface area contributed by atoms with Crippen LogP contribution >= 0.6 is 23.5 Å². The van der Waals surface area contributed by atoms with Crippen molar-refractivity contribution in [2.24, 2.45) is 0 Å². The lowest BCUT2D eigenvalue weighted by atomic mass is 9.81. The largest absolute Gasteiger partial charge is 0.379 e. The summed E-state index contributed by atoms with van der Waals surface area (Å²) >= 11 is 4.32. The van der Waals surface area contributed by atoms with Gasteiger partial charge < -0.3 is 9.47 Å². The van der Waals surface area contributed by atoms with E-state index in [9.17, 15) is 0 Å². The molecule has 0 bridgehead atoms. The van der Waals surface area contributed by atoms with E-state index in [0.717, 1.165) is 105 Å². The molecule has 13 nitrogen and oxygen atoms in total. The monoisotopic (exact) mass is 861 g/mol. The molecule has 10 aliphatic heterocycles. The van der Waals surface area contributed by atoms with Crippen molar-refractivity contribution in [3.05, 3.63) is 0 Å². The average molecular weight is 861 g/mol. The molecule has 336 valence electrons. The summed E-state index contributed by atoms with van der Waals surface area (Å²) in [5.41, 5.74) is -0.334. The van der Waals surface area contributed by atoms with Crippen LogP contribution in [-0.4, -0.2) is 239 Å². The van der Waals surface area contributed by atoms with E-state index < -0.39 is 11.6 Å². The zero-order valence-corrected chi connectivity index (χ0v) is 38.4. The molecule has 15 heteroatoms. The van der Waals surface area contributed by atoms with E-state index in [1.807, 2.05) is 0 Å². The zero-order valence-electron chi connectivity index (χ0n) is 36.8. The number of morpholine rings is 2. The number of likely N-dealkylation sites (tertiary alicyclic amines) is 4. The third-order valence-corrected chi connectivity index (χ3v) is 18.5. The third kappa shape index (κ3) is 7.34. The quantitative estimate of drug-likeness (QED) is 0.322. The number of hydrogen-bond acceptors (Lipinski definition) is 15. The van der Waals surface area contributed by atoms with Crippen molar-refractivity contribution in [1.29, 1.82) is 0 Å². The van der Waals surface area contributed by atoms with Gasteiger partial charge in [-0.25, -0.2) is 4.94 Å². The van der Waals surface area contributed by atoms with Crippen LogP contribution in [0.5, 0.6) is 0 Å². The van der Waals surface area contributed by atoms with Crippen LogP contribution < -0.4 is 0 Å². The summed E-state index contributed by atoms with van der Waals surface area (Å²) in [5, 5.41) is 5.43. The van der Waals surface area contributed by atoms with E-state index in [1.54, 1.807) is 0 Å². The lowest BCUT2D eigenvalue weighted by molar-refractivity contribution is -0.506. The molecule has 0 aromatic carbocycles. The van der Waals surface area contributed by atoms with E-state index in [2.05, 4.69) is 72.8 Å². The molecule has 0 amide bonds. The van der Waals surface area contributed by atoms with E-state index >= 15 is 0 Å². The first kappa shape index (κ1) is 43.1. The van der Waals surface area contributed by atoms with Gasteiger partial charge in [0.05, 0.1) is 26.4 Å². The Hall–Kier alpha value is 0.180. The molecule has 0 aliphatic carbocycles. The van der Waals surface area contributed by atoms with E-state index in [4.69, 9.17) is 14.4 Å². The maximum absolute atomic E-state index is 8.49. The highest BCUT2D eigenvalue weighted by atomic mass is 32.2. The molecule has 10 heterocycles. The Morgan fingerprint density at radius 2 is 0.610 bits per heavy atom. The fraction of sp³-hybridized carbons (Fsp3) is 1.00. The first-order valence-corrected chi connectivity index (χ1v) is 27.1. The fourth-order valence-corrected chi connectivity index (χ4v) is 16.2. The third-order valence-electron chi connectivity index (χ3n) is 16.6. The highest BCUT2D eigenvalue weighted by Gasteiger charge is 2.73. The van der Waals surface area contributed by atoms with Crippen LogP contribution in [0.15, 0.2) is 0 Å². The van der Waals surface area contributed by atoms with Crippen molar-refractivity contribution in [1.82, 2.24) is 49.3 Å². The molecule has 0 spiro atoms. The normalized spacial score (nSPS) is 40.3. The Morgan fingerprint density at radius 3 is 0.949 bits per heavy atom. The predicted molar refractivity (Wildman–Crippen MR) is 239 cm³/mol. The topological polar surface area (TPSA) is 60.1 Å². The SMILES string of the molecule is C1CCN(C2(N3CCCC3)CCCN(ON3CCCC(N4CCCCC4)(N4CCCC4)C3(N3CCOCC3)N3CCSCC3)C2(N2CCOCC2)N2CCSCC2)CC1. The highest BCUT2D eigenvalue weighted by molar-refractivity contribution is 7.99. The van der Waals surface area contributed by atoms with Crippen molar-refractivity contribution in [3.8, 4) is 0 Å². The first-order chi connectivity index (χ1) is 29.3. The first-order valence-electron chi connectivity index (χ1n) is 24.8. The fourth-order valence-electron chi connectivity index (χ4n) is 14.4. The molecule has 4 atom stereocenters. The smallest absolute Gasteiger partial charge is 0.188 e. The minimum atomic E-state index is -0.439. The molecule has 10 rings (SSSR count). The van der Waals surface area contributed by atoms with Crippen LogP contribution in [0.1, 0.15) is 89.9 Å². The minimum Gasteiger partial charge on any atom is -0.379 e. The summed E-state index contributed by atoms with van der Waals surface area (Å²) in [4.78, 5) is 32.5. The van der Waals surface area contributed by atoms with Crippen molar-refractivity contribution in [2.75, 3.05) is 167 Å². The summed E-state index contributed by atoms with van der Waals surface area (Å²) in [6.45, 7) is 22.9. The molecular formula is C44H80N10O3S2. The van der Waals surface area contributed by atoms with Gasteiger partial charge in [-0.15, -0.1) is 10.1 Å². The van der Waals surface area contributed by atoms with Crippen LogP contribution in [0.4, 0.5) is 0 Å². The molecular weight excluding hydrogens is 781 g/mol. The molecule has 0 saturated carbocycles. The van der Waals surface area contributed by atoms with Crippen molar-refractivity contribution >= 4 is 23.5 Å². The van der Waals surface area contributed by atoms with Gasteiger partial charge in [0.25, 0.3) is 0 Å². The Balaban J connectivity index is 1.18. The highest BCUT2D eigenvalue weighted by Crippen LogP contribution is 2.55. The number of piperidine rings is 4. The van der Waals surface area contributed by atoms with Gasteiger partial charge in [-0.1, -0.05) is 12.8 Å². The number of nitrogens with zero attached hydrogens (tertiary/aromatic N) is 10. The molecule has 0 N–H and O–H groups in total. The maximum atomic E-state index is 8.49. The summed E-state index contributed by atoms with van der Waals surface area (Å²) in [7, 11) is 0. The molecule has 4 unspecified atom stereocenters. The number of rotatable bonds is 10. The summed E-state index contributed by atoms with van der Waals surface area (Å²) in [6, 6.07) is 0. The number of hydroxylamine groups is 4. The lowest BCUT2D eigenvalue weighted by Gasteiger charge is -2.74. The predicted octanol–water partition coefficient (Wildman–Crippen LogP) is 3.65. The second-order valence-corrected chi connectivity index (χ2v) is 21.7. The molecule has 0 aromatic rings.